The molecule has 3 aromatic carbocycles. The summed E-state index contributed by atoms with van der Waals surface area (Å²) in [5.41, 5.74) is 14.4. The number of hydrogen-bond donors (Lipinski definition) is 3. The van der Waals surface area contributed by atoms with Crippen LogP contribution in [-0.2, 0) is 0 Å². The summed E-state index contributed by atoms with van der Waals surface area (Å²) in [5.74, 6) is -0.141. The van der Waals surface area contributed by atoms with Gasteiger partial charge < -0.3 is 26.4 Å². The number of pyridine rings is 1. The lowest BCUT2D eigenvalue weighted by Gasteiger charge is -2.40. The zero-order chi connectivity index (χ0) is 24.4. The van der Waals surface area contributed by atoms with Crippen LogP contribution in [0.1, 0.15) is 10.4 Å². The van der Waals surface area contributed by atoms with Gasteiger partial charge in [0.25, 0.3) is 5.91 Å². The van der Waals surface area contributed by atoms with Crippen molar-refractivity contribution in [2.24, 2.45) is 0 Å². The van der Waals surface area contributed by atoms with Crippen LogP contribution in [0.4, 0.5) is 27.3 Å². The van der Waals surface area contributed by atoms with Gasteiger partial charge in [-0.25, -0.2) is 9.37 Å². The number of ether oxygens (including phenoxy) is 1. The molecular weight excluding hydrogens is 445 g/mol. The number of carbonyl (C=O) groups excluding carboxylic acids is 1. The molecule has 1 amide bonds. The molecule has 0 atom stereocenters. The van der Waals surface area contributed by atoms with E-state index < -0.39 is 11.7 Å². The lowest BCUT2D eigenvalue weighted by molar-refractivity contribution is 0.102. The molecule has 1 aromatic heterocycles. The number of para-hydroxylation sites is 1. The van der Waals surface area contributed by atoms with Crippen molar-refractivity contribution in [1.82, 2.24) is 4.98 Å². The number of carbonyl (C=O) groups is 1. The predicted molar refractivity (Wildman–Crippen MR) is 136 cm³/mol. The summed E-state index contributed by atoms with van der Waals surface area (Å²) in [7, 11) is 0. The number of halogens is 1. The summed E-state index contributed by atoms with van der Waals surface area (Å²) in [5, 5.41) is 2.75. The van der Waals surface area contributed by atoms with Crippen molar-refractivity contribution in [2.75, 3.05) is 34.8 Å². The molecule has 0 unspecified atom stereocenters. The van der Waals surface area contributed by atoms with Crippen LogP contribution in [0.3, 0.4) is 0 Å². The minimum atomic E-state index is -0.628. The number of hydrogen-bond acceptors (Lipinski definition) is 6. The molecule has 5 N–H and O–H groups in total. The van der Waals surface area contributed by atoms with Gasteiger partial charge >= 0.3 is 0 Å². The molecule has 2 heterocycles. The first kappa shape index (κ1) is 22.2. The number of nitrogens with one attached hydrogen (secondary N) is 1. The van der Waals surface area contributed by atoms with Crippen LogP contribution in [0.2, 0.25) is 0 Å². The van der Waals surface area contributed by atoms with Crippen LogP contribution in [0, 0.1) is 5.82 Å². The maximum Gasteiger partial charge on any atom is 0.258 e. The van der Waals surface area contributed by atoms with E-state index in [1.807, 2.05) is 42.5 Å². The third-order valence-corrected chi connectivity index (χ3v) is 5.85. The van der Waals surface area contributed by atoms with Gasteiger partial charge in [0.05, 0.1) is 30.0 Å². The standard InChI is InChI=1S/C27H24FN5O2/c28-23-11-6-17(25-13-12-24(29)26(30)32-25)14-22(23)27(34)31-18-7-9-19(10-8-18)33-15-21(16-33)35-20-4-2-1-3-5-20/h1-14,21H,15-16,29H2,(H2,30,32)(H,31,34). The summed E-state index contributed by atoms with van der Waals surface area (Å²) in [4.78, 5) is 19.2. The molecule has 35 heavy (non-hydrogen) atoms. The van der Waals surface area contributed by atoms with Crippen LogP contribution in [0.25, 0.3) is 11.3 Å². The van der Waals surface area contributed by atoms with Gasteiger partial charge in [0.1, 0.15) is 23.5 Å². The summed E-state index contributed by atoms with van der Waals surface area (Å²) < 4.78 is 20.4. The highest BCUT2D eigenvalue weighted by Gasteiger charge is 2.28. The number of benzene rings is 3. The molecule has 1 fully saturated rings. The Labute approximate surface area is 202 Å². The van der Waals surface area contributed by atoms with E-state index in [1.165, 1.54) is 12.1 Å². The fourth-order valence-electron chi connectivity index (χ4n) is 3.87. The van der Waals surface area contributed by atoms with Crippen molar-refractivity contribution in [3.05, 3.63) is 96.3 Å². The smallest absolute Gasteiger partial charge is 0.258 e. The van der Waals surface area contributed by atoms with Gasteiger partial charge in [0.15, 0.2) is 0 Å². The SMILES string of the molecule is Nc1ccc(-c2ccc(F)c(C(=O)Nc3ccc(N4CC(Oc5ccccc5)C4)cc3)c2)nc1N. The van der Waals surface area contributed by atoms with Crippen molar-refractivity contribution in [2.45, 2.75) is 6.10 Å². The molecule has 0 spiro atoms. The number of anilines is 4. The van der Waals surface area contributed by atoms with Crippen LogP contribution in [-0.4, -0.2) is 30.1 Å². The quantitative estimate of drug-likeness (QED) is 0.382. The van der Waals surface area contributed by atoms with E-state index in [-0.39, 0.29) is 17.5 Å². The van der Waals surface area contributed by atoms with Crippen LogP contribution < -0.4 is 26.4 Å². The Bertz CT molecular complexity index is 1360. The van der Waals surface area contributed by atoms with Gasteiger partial charge in [-0.2, -0.15) is 0 Å². The second kappa shape index (κ2) is 9.34. The van der Waals surface area contributed by atoms with Crippen molar-refractivity contribution in [1.29, 1.82) is 0 Å². The number of rotatable bonds is 6. The molecule has 4 aromatic rings. The third-order valence-electron chi connectivity index (χ3n) is 5.85. The average molecular weight is 470 g/mol. The van der Waals surface area contributed by atoms with Gasteiger partial charge in [-0.15, -0.1) is 0 Å². The van der Waals surface area contributed by atoms with Crippen molar-refractivity contribution in [3.8, 4) is 17.0 Å². The fraction of sp³-hybridized carbons (Fsp3) is 0.111. The van der Waals surface area contributed by atoms with E-state index in [2.05, 4.69) is 15.2 Å². The van der Waals surface area contributed by atoms with Gasteiger partial charge in [-0.1, -0.05) is 18.2 Å². The largest absolute Gasteiger partial charge is 0.487 e. The Hall–Kier alpha value is -4.59. The Morgan fingerprint density at radius 2 is 1.71 bits per heavy atom. The molecule has 1 aliphatic rings. The lowest BCUT2D eigenvalue weighted by Crippen LogP contribution is -2.54. The Morgan fingerprint density at radius 1 is 0.971 bits per heavy atom. The van der Waals surface area contributed by atoms with Gasteiger partial charge in [-0.05, 0) is 66.7 Å². The summed E-state index contributed by atoms with van der Waals surface area (Å²) in [6, 6.07) is 24.7. The average Bonchev–Trinajstić information content (AvgIpc) is 2.84. The zero-order valence-electron chi connectivity index (χ0n) is 18.8. The fourth-order valence-corrected chi connectivity index (χ4v) is 3.87. The van der Waals surface area contributed by atoms with Crippen LogP contribution >= 0.6 is 0 Å². The summed E-state index contributed by atoms with van der Waals surface area (Å²) in [6.07, 6.45) is 0.137. The first-order valence-electron chi connectivity index (χ1n) is 11.2. The Morgan fingerprint density at radius 3 is 2.43 bits per heavy atom. The monoisotopic (exact) mass is 469 g/mol. The second-order valence-electron chi connectivity index (χ2n) is 8.32. The lowest BCUT2D eigenvalue weighted by atomic mass is 10.1. The van der Waals surface area contributed by atoms with Crippen LogP contribution in [0.5, 0.6) is 5.75 Å². The normalized spacial score (nSPS) is 13.2. The number of nitrogens with two attached hydrogens (primary N) is 2. The zero-order valence-corrected chi connectivity index (χ0v) is 18.8. The third kappa shape index (κ3) is 4.86. The van der Waals surface area contributed by atoms with E-state index in [0.29, 0.717) is 22.6 Å². The summed E-state index contributed by atoms with van der Waals surface area (Å²) >= 11 is 0. The molecule has 0 radical (unpaired) electrons. The van der Waals surface area contributed by atoms with E-state index in [0.717, 1.165) is 24.5 Å². The highest BCUT2D eigenvalue weighted by Crippen LogP contribution is 2.27. The molecule has 0 bridgehead atoms. The van der Waals surface area contributed by atoms with Gasteiger partial charge in [0.2, 0.25) is 0 Å². The molecule has 7 nitrogen and oxygen atoms in total. The Kier molecular flexibility index (Phi) is 5.93. The number of amides is 1. The maximum atomic E-state index is 14.5. The molecule has 5 rings (SSSR count). The molecule has 1 saturated heterocycles. The van der Waals surface area contributed by atoms with Gasteiger partial charge in [0, 0.05) is 16.9 Å². The van der Waals surface area contributed by atoms with Crippen molar-refractivity contribution >= 4 is 28.8 Å². The van der Waals surface area contributed by atoms with E-state index in [1.54, 1.807) is 30.3 Å². The summed E-state index contributed by atoms with van der Waals surface area (Å²) in [6.45, 7) is 1.56. The van der Waals surface area contributed by atoms with Crippen LogP contribution in [0.15, 0.2) is 84.9 Å². The first-order chi connectivity index (χ1) is 17.0. The van der Waals surface area contributed by atoms with Crippen molar-refractivity contribution < 1.29 is 13.9 Å². The maximum absolute atomic E-state index is 14.5. The first-order valence-corrected chi connectivity index (χ1v) is 11.2. The second-order valence-corrected chi connectivity index (χ2v) is 8.32. The predicted octanol–water partition coefficient (Wildman–Crippen LogP) is 4.57. The molecular formula is C27H24FN5O2. The molecule has 1 aliphatic heterocycles. The molecule has 8 heteroatoms. The van der Waals surface area contributed by atoms with Gasteiger partial charge in [-0.3, -0.25) is 4.79 Å². The minimum absolute atomic E-state index is 0.0904. The molecule has 0 aliphatic carbocycles. The highest BCUT2D eigenvalue weighted by molar-refractivity contribution is 6.05. The number of nitrogens with zero attached hydrogens (tertiary/aromatic N) is 2. The van der Waals surface area contributed by atoms with E-state index >= 15 is 0 Å². The number of aromatic nitrogens is 1. The Balaban J connectivity index is 1.22. The highest BCUT2D eigenvalue weighted by atomic mass is 19.1. The topological polar surface area (TPSA) is 106 Å². The number of nitrogen functional groups attached to an aromatic ring is 2. The minimum Gasteiger partial charge on any atom is -0.487 e. The molecule has 0 saturated carbocycles. The van der Waals surface area contributed by atoms with E-state index in [9.17, 15) is 9.18 Å². The molecule has 176 valence electrons. The van der Waals surface area contributed by atoms with E-state index in [4.69, 9.17) is 16.2 Å². The van der Waals surface area contributed by atoms with Crippen molar-refractivity contribution in [3.63, 3.8) is 0 Å².